The second kappa shape index (κ2) is 11.5. The molecule has 2 aromatic heterocycles. The van der Waals surface area contributed by atoms with Crippen molar-refractivity contribution in [3.05, 3.63) is 75.2 Å². The molecule has 4 aromatic rings. The number of aromatic nitrogens is 3. The Morgan fingerprint density at radius 1 is 1.26 bits per heavy atom. The number of hydrogen-bond donors (Lipinski definition) is 5. The maximum atomic E-state index is 12.9. The molecule has 11 heteroatoms. The Morgan fingerprint density at radius 2 is 2.05 bits per heavy atom. The summed E-state index contributed by atoms with van der Waals surface area (Å²) in [6.45, 7) is 2.60. The van der Waals surface area contributed by atoms with Crippen molar-refractivity contribution in [3.63, 3.8) is 0 Å². The van der Waals surface area contributed by atoms with E-state index in [0.717, 1.165) is 48.2 Å². The molecule has 3 heterocycles. The number of imidazole rings is 1. The van der Waals surface area contributed by atoms with Crippen LogP contribution in [0.4, 0.5) is 15.8 Å². The molecule has 0 saturated carbocycles. The molecule has 204 valence electrons. The SMILES string of the molecule is Cc1cc(N2CCC(NC(=O)CF)CC2)cc2[nH]c(-c3c(NCC(O)c4cccc(Cl)c4)cc[nH]c3=O)nc12. The minimum absolute atomic E-state index is 0.0267. The van der Waals surface area contributed by atoms with Gasteiger partial charge in [-0.05, 0) is 61.2 Å². The predicted octanol–water partition coefficient (Wildman–Crippen LogP) is 4.08. The van der Waals surface area contributed by atoms with Crippen LogP contribution in [-0.2, 0) is 4.79 Å². The van der Waals surface area contributed by atoms with Crippen LogP contribution >= 0.6 is 11.6 Å². The highest BCUT2D eigenvalue weighted by molar-refractivity contribution is 6.30. The number of carbonyl (C=O) groups is 1. The Kier molecular flexibility index (Phi) is 7.85. The molecule has 0 spiro atoms. The van der Waals surface area contributed by atoms with Crippen molar-refractivity contribution in [3.8, 4) is 11.4 Å². The number of amides is 1. The van der Waals surface area contributed by atoms with Crippen molar-refractivity contribution in [2.45, 2.75) is 31.9 Å². The Balaban J connectivity index is 1.37. The van der Waals surface area contributed by atoms with E-state index in [4.69, 9.17) is 16.6 Å². The van der Waals surface area contributed by atoms with Gasteiger partial charge in [0.2, 0.25) is 0 Å². The molecule has 0 radical (unpaired) electrons. The van der Waals surface area contributed by atoms with E-state index in [1.54, 1.807) is 36.5 Å². The van der Waals surface area contributed by atoms with Gasteiger partial charge >= 0.3 is 0 Å². The number of rotatable bonds is 8. The van der Waals surface area contributed by atoms with E-state index in [-0.39, 0.29) is 18.1 Å². The number of aromatic amines is 2. The highest BCUT2D eigenvalue weighted by Crippen LogP contribution is 2.30. The number of benzene rings is 2. The molecule has 9 nitrogen and oxygen atoms in total. The first-order valence-corrected chi connectivity index (χ1v) is 13.2. The van der Waals surface area contributed by atoms with Gasteiger partial charge in [-0.1, -0.05) is 23.7 Å². The van der Waals surface area contributed by atoms with Gasteiger partial charge in [0.05, 0.1) is 22.8 Å². The van der Waals surface area contributed by atoms with Crippen LogP contribution in [0.1, 0.15) is 30.1 Å². The molecule has 5 rings (SSSR count). The van der Waals surface area contributed by atoms with Crippen LogP contribution in [-0.4, -0.2) is 58.3 Å². The molecule has 1 aliphatic rings. The van der Waals surface area contributed by atoms with Gasteiger partial charge in [0, 0.05) is 42.6 Å². The van der Waals surface area contributed by atoms with Crippen molar-refractivity contribution >= 4 is 39.9 Å². The topological polar surface area (TPSA) is 126 Å². The Labute approximate surface area is 229 Å². The zero-order valence-electron chi connectivity index (χ0n) is 21.4. The molecular formula is C28H30ClFN6O3. The van der Waals surface area contributed by atoms with Crippen molar-refractivity contribution in [1.82, 2.24) is 20.3 Å². The van der Waals surface area contributed by atoms with Crippen LogP contribution in [0.25, 0.3) is 22.4 Å². The number of H-pyrrole nitrogens is 2. The van der Waals surface area contributed by atoms with Crippen LogP contribution in [0, 0.1) is 6.92 Å². The Morgan fingerprint density at radius 3 is 2.79 bits per heavy atom. The lowest BCUT2D eigenvalue weighted by Crippen LogP contribution is -2.45. The van der Waals surface area contributed by atoms with E-state index in [2.05, 4.69) is 31.6 Å². The average Bonchev–Trinajstić information content (AvgIpc) is 3.36. The third-order valence-electron chi connectivity index (χ3n) is 7.03. The summed E-state index contributed by atoms with van der Waals surface area (Å²) in [5, 5.41) is 17.1. The number of carbonyl (C=O) groups excluding carboxylic acids is 1. The molecule has 1 atom stereocenters. The summed E-state index contributed by atoms with van der Waals surface area (Å²) in [5.41, 5.74) is 4.75. The number of anilines is 2. The number of aryl methyl sites for hydroxylation is 1. The average molecular weight is 553 g/mol. The van der Waals surface area contributed by atoms with E-state index in [1.165, 1.54) is 0 Å². The molecular weight excluding hydrogens is 523 g/mol. The predicted molar refractivity (Wildman–Crippen MR) is 151 cm³/mol. The fourth-order valence-corrected chi connectivity index (χ4v) is 5.22. The van der Waals surface area contributed by atoms with E-state index in [1.807, 2.05) is 13.0 Å². The van der Waals surface area contributed by atoms with Gasteiger partial charge in [0.1, 0.15) is 11.4 Å². The smallest absolute Gasteiger partial charge is 0.261 e. The number of pyridine rings is 1. The standard InChI is InChI=1S/C28H30ClFN6O3/c1-16-11-20(36-9-6-19(7-10-36)33-24(38)14-30)13-22-26(16)35-27(34-22)25-21(5-8-31-28(25)39)32-15-23(37)17-3-2-4-18(29)12-17/h2-5,8,11-13,19,23,37H,6-7,9-10,14-15H2,1H3,(H,33,38)(H,34,35)(H2,31,32,39). The molecule has 5 N–H and O–H groups in total. The Hall–Kier alpha value is -3.89. The molecule has 1 unspecified atom stereocenters. The molecule has 0 bridgehead atoms. The number of aliphatic hydroxyl groups excluding tert-OH is 1. The number of aliphatic hydroxyl groups is 1. The highest BCUT2D eigenvalue weighted by Gasteiger charge is 2.22. The van der Waals surface area contributed by atoms with Gasteiger partial charge in [-0.15, -0.1) is 0 Å². The van der Waals surface area contributed by atoms with Gasteiger partial charge in [-0.3, -0.25) is 9.59 Å². The van der Waals surface area contributed by atoms with E-state index in [9.17, 15) is 19.1 Å². The first kappa shape index (κ1) is 26.7. The monoisotopic (exact) mass is 552 g/mol. The minimum atomic E-state index is -0.998. The third kappa shape index (κ3) is 5.91. The largest absolute Gasteiger partial charge is 0.387 e. The van der Waals surface area contributed by atoms with Gasteiger partial charge in [0.15, 0.2) is 6.67 Å². The van der Waals surface area contributed by atoms with Crippen LogP contribution < -0.4 is 21.1 Å². The lowest BCUT2D eigenvalue weighted by molar-refractivity contribution is -0.122. The van der Waals surface area contributed by atoms with Crippen LogP contribution in [0.5, 0.6) is 0 Å². The second-order valence-electron chi connectivity index (χ2n) is 9.75. The van der Waals surface area contributed by atoms with E-state index in [0.29, 0.717) is 27.7 Å². The van der Waals surface area contributed by atoms with Gasteiger partial charge in [0.25, 0.3) is 11.5 Å². The van der Waals surface area contributed by atoms with Crippen molar-refractivity contribution in [1.29, 1.82) is 0 Å². The van der Waals surface area contributed by atoms with Crippen molar-refractivity contribution in [2.75, 3.05) is 36.5 Å². The molecule has 1 fully saturated rings. The zero-order valence-corrected chi connectivity index (χ0v) is 22.2. The first-order chi connectivity index (χ1) is 18.8. The van der Waals surface area contributed by atoms with E-state index >= 15 is 0 Å². The summed E-state index contributed by atoms with van der Waals surface area (Å²) in [7, 11) is 0. The second-order valence-corrected chi connectivity index (χ2v) is 10.2. The number of fused-ring (bicyclic) bond motifs is 1. The maximum Gasteiger partial charge on any atom is 0.261 e. The summed E-state index contributed by atoms with van der Waals surface area (Å²) in [5.74, 6) is -0.154. The maximum absolute atomic E-state index is 12.9. The summed E-state index contributed by atoms with van der Waals surface area (Å²) < 4.78 is 12.5. The van der Waals surface area contributed by atoms with Crippen LogP contribution in [0.2, 0.25) is 5.02 Å². The lowest BCUT2D eigenvalue weighted by atomic mass is 10.0. The molecule has 1 aliphatic heterocycles. The number of hydrogen-bond acceptors (Lipinski definition) is 6. The highest BCUT2D eigenvalue weighted by atomic mass is 35.5. The van der Waals surface area contributed by atoms with Gasteiger partial charge in [-0.25, -0.2) is 9.37 Å². The fourth-order valence-electron chi connectivity index (χ4n) is 5.02. The summed E-state index contributed by atoms with van der Waals surface area (Å²) >= 11 is 6.05. The van der Waals surface area contributed by atoms with E-state index < -0.39 is 18.7 Å². The van der Waals surface area contributed by atoms with Crippen molar-refractivity contribution < 1.29 is 14.3 Å². The molecule has 39 heavy (non-hydrogen) atoms. The van der Waals surface area contributed by atoms with Crippen molar-refractivity contribution in [2.24, 2.45) is 0 Å². The quantitative estimate of drug-likeness (QED) is 0.224. The zero-order chi connectivity index (χ0) is 27.5. The summed E-state index contributed by atoms with van der Waals surface area (Å²) in [4.78, 5) is 37.3. The normalized spacial score (nSPS) is 14.9. The first-order valence-electron chi connectivity index (χ1n) is 12.8. The number of halogens is 2. The molecule has 0 aliphatic carbocycles. The number of nitrogens with one attached hydrogen (secondary N) is 4. The van der Waals surface area contributed by atoms with Gasteiger partial charge < -0.3 is 30.6 Å². The minimum Gasteiger partial charge on any atom is -0.387 e. The molecule has 1 saturated heterocycles. The molecule has 1 amide bonds. The number of piperidine rings is 1. The number of nitrogens with zero attached hydrogens (tertiary/aromatic N) is 2. The van der Waals surface area contributed by atoms with Gasteiger partial charge in [-0.2, -0.15) is 0 Å². The summed E-state index contributed by atoms with van der Waals surface area (Å²) in [6, 6.07) is 12.8. The summed E-state index contributed by atoms with van der Waals surface area (Å²) in [6.07, 6.45) is 2.18. The van der Waals surface area contributed by atoms with Crippen LogP contribution in [0.15, 0.2) is 53.5 Å². The third-order valence-corrected chi connectivity index (χ3v) is 7.26. The Bertz CT molecular complexity index is 1550. The fraction of sp³-hybridized carbons (Fsp3) is 0.321. The lowest BCUT2D eigenvalue weighted by Gasteiger charge is -2.34. The number of alkyl halides is 1. The molecule has 2 aromatic carbocycles. The van der Waals surface area contributed by atoms with Crippen LogP contribution in [0.3, 0.4) is 0 Å².